The molecule has 1 aliphatic rings. The SMILES string of the molecule is Cn1nc(Cl)c(N=C=O)c1C1CC1. The highest BCUT2D eigenvalue weighted by Crippen LogP contribution is 2.46. The lowest BCUT2D eigenvalue weighted by Crippen LogP contribution is -1.95. The number of aliphatic imine (C=N–C) groups is 1. The van der Waals surface area contributed by atoms with Crippen molar-refractivity contribution in [3.05, 3.63) is 10.8 Å². The summed E-state index contributed by atoms with van der Waals surface area (Å²) in [5.41, 5.74) is 1.44. The van der Waals surface area contributed by atoms with Crippen LogP contribution in [0.5, 0.6) is 0 Å². The zero-order valence-electron chi connectivity index (χ0n) is 7.12. The van der Waals surface area contributed by atoms with Crippen molar-refractivity contribution in [3.8, 4) is 0 Å². The summed E-state index contributed by atoms with van der Waals surface area (Å²) in [5.74, 6) is 0.470. The Labute approximate surface area is 80.2 Å². The maximum atomic E-state index is 10.1. The van der Waals surface area contributed by atoms with E-state index < -0.39 is 0 Å². The molecule has 4 nitrogen and oxygen atoms in total. The first-order valence-electron chi connectivity index (χ1n) is 4.04. The number of rotatable bonds is 2. The Kier molecular flexibility index (Phi) is 1.94. The lowest BCUT2D eigenvalue weighted by Gasteiger charge is -1.97. The van der Waals surface area contributed by atoms with Gasteiger partial charge in [-0.25, -0.2) is 4.79 Å². The average Bonchev–Trinajstić information content (AvgIpc) is 2.83. The van der Waals surface area contributed by atoms with Crippen LogP contribution in [-0.2, 0) is 11.8 Å². The van der Waals surface area contributed by atoms with E-state index in [1.54, 1.807) is 4.68 Å². The summed E-state index contributed by atoms with van der Waals surface area (Å²) >= 11 is 5.80. The number of isocyanates is 1. The van der Waals surface area contributed by atoms with Crippen LogP contribution in [0.2, 0.25) is 5.15 Å². The quantitative estimate of drug-likeness (QED) is 0.537. The maximum Gasteiger partial charge on any atom is 0.240 e. The van der Waals surface area contributed by atoms with Crippen molar-refractivity contribution < 1.29 is 4.79 Å². The number of carbonyl (C=O) groups excluding carboxylic acids is 1. The minimum Gasteiger partial charge on any atom is -0.269 e. The average molecular weight is 198 g/mol. The van der Waals surface area contributed by atoms with E-state index in [0.29, 0.717) is 11.6 Å². The molecule has 1 saturated carbocycles. The first kappa shape index (κ1) is 8.48. The molecule has 0 N–H and O–H groups in total. The van der Waals surface area contributed by atoms with Crippen molar-refractivity contribution in [3.63, 3.8) is 0 Å². The van der Waals surface area contributed by atoms with E-state index >= 15 is 0 Å². The van der Waals surface area contributed by atoms with Crippen LogP contribution in [0.4, 0.5) is 5.69 Å². The molecule has 0 aromatic carbocycles. The molecule has 0 atom stereocenters. The van der Waals surface area contributed by atoms with Gasteiger partial charge < -0.3 is 0 Å². The molecule has 5 heteroatoms. The van der Waals surface area contributed by atoms with Crippen molar-refractivity contribution in [2.45, 2.75) is 18.8 Å². The minimum atomic E-state index is 0.285. The van der Waals surface area contributed by atoms with E-state index in [0.717, 1.165) is 18.5 Å². The summed E-state index contributed by atoms with van der Waals surface area (Å²) in [4.78, 5) is 13.7. The van der Waals surface area contributed by atoms with E-state index in [2.05, 4.69) is 10.1 Å². The summed E-state index contributed by atoms with van der Waals surface area (Å²) in [5, 5.41) is 4.29. The monoisotopic (exact) mass is 197 g/mol. The van der Waals surface area contributed by atoms with E-state index in [1.807, 2.05) is 7.05 Å². The van der Waals surface area contributed by atoms with Crippen LogP contribution in [0.1, 0.15) is 24.5 Å². The van der Waals surface area contributed by atoms with Gasteiger partial charge in [-0.1, -0.05) is 11.6 Å². The number of hydrogen-bond donors (Lipinski definition) is 0. The molecule has 0 bridgehead atoms. The zero-order valence-corrected chi connectivity index (χ0v) is 7.88. The molecular formula is C8H8ClN3O. The van der Waals surface area contributed by atoms with Crippen LogP contribution in [-0.4, -0.2) is 15.9 Å². The van der Waals surface area contributed by atoms with Gasteiger partial charge in [0.2, 0.25) is 6.08 Å². The molecular weight excluding hydrogens is 190 g/mol. The van der Waals surface area contributed by atoms with Gasteiger partial charge >= 0.3 is 0 Å². The highest BCUT2D eigenvalue weighted by atomic mass is 35.5. The lowest BCUT2D eigenvalue weighted by molar-refractivity contribution is 0.565. The third-order valence-corrected chi connectivity index (χ3v) is 2.40. The number of aromatic nitrogens is 2. The number of nitrogens with zero attached hydrogens (tertiary/aromatic N) is 3. The predicted molar refractivity (Wildman–Crippen MR) is 48.0 cm³/mol. The van der Waals surface area contributed by atoms with E-state index in [4.69, 9.17) is 11.6 Å². The molecule has 1 aromatic heterocycles. The van der Waals surface area contributed by atoms with Crippen LogP contribution in [0, 0.1) is 0 Å². The third-order valence-electron chi connectivity index (χ3n) is 2.15. The minimum absolute atomic E-state index is 0.285. The Bertz CT molecular complexity index is 388. The Morgan fingerprint density at radius 3 is 2.92 bits per heavy atom. The summed E-state index contributed by atoms with van der Waals surface area (Å²) < 4.78 is 1.69. The smallest absolute Gasteiger partial charge is 0.240 e. The molecule has 0 saturated heterocycles. The van der Waals surface area contributed by atoms with Crippen LogP contribution in [0.15, 0.2) is 4.99 Å². The van der Waals surface area contributed by atoms with Crippen molar-refractivity contribution in [2.24, 2.45) is 12.0 Å². The second-order valence-corrected chi connectivity index (χ2v) is 3.48. The zero-order chi connectivity index (χ0) is 9.42. The van der Waals surface area contributed by atoms with E-state index in [1.165, 1.54) is 6.08 Å². The Balaban J connectivity index is 2.55. The molecule has 2 rings (SSSR count). The Morgan fingerprint density at radius 2 is 2.38 bits per heavy atom. The summed E-state index contributed by atoms with van der Waals surface area (Å²) in [6.45, 7) is 0. The molecule has 68 valence electrons. The highest BCUT2D eigenvalue weighted by Gasteiger charge is 2.31. The molecule has 1 aliphatic carbocycles. The Morgan fingerprint density at radius 1 is 1.69 bits per heavy atom. The van der Waals surface area contributed by atoms with Crippen LogP contribution >= 0.6 is 11.6 Å². The van der Waals surface area contributed by atoms with Crippen molar-refractivity contribution in [1.29, 1.82) is 0 Å². The van der Waals surface area contributed by atoms with Gasteiger partial charge in [0, 0.05) is 13.0 Å². The molecule has 0 radical (unpaired) electrons. The van der Waals surface area contributed by atoms with Gasteiger partial charge in [0.05, 0.1) is 5.69 Å². The first-order chi connectivity index (χ1) is 6.24. The molecule has 0 unspecified atom stereocenters. The van der Waals surface area contributed by atoms with Crippen molar-refractivity contribution in [1.82, 2.24) is 9.78 Å². The molecule has 1 fully saturated rings. The summed E-state index contributed by atoms with van der Waals surface area (Å²) in [6.07, 6.45) is 3.74. The summed E-state index contributed by atoms with van der Waals surface area (Å²) in [6, 6.07) is 0. The van der Waals surface area contributed by atoms with E-state index in [9.17, 15) is 4.79 Å². The second-order valence-electron chi connectivity index (χ2n) is 3.13. The molecule has 1 heterocycles. The number of halogens is 1. The normalized spacial score (nSPS) is 15.5. The first-order valence-corrected chi connectivity index (χ1v) is 4.42. The fourth-order valence-corrected chi connectivity index (χ4v) is 1.71. The van der Waals surface area contributed by atoms with Gasteiger partial charge in [-0.3, -0.25) is 4.68 Å². The largest absolute Gasteiger partial charge is 0.269 e. The standard InChI is InChI=1S/C8H8ClN3O/c1-12-7(5-2-3-5)6(10-4-13)8(9)11-12/h5H,2-3H2,1H3. The lowest BCUT2D eigenvalue weighted by atomic mass is 10.2. The Hall–Kier alpha value is -1.12. The van der Waals surface area contributed by atoms with E-state index in [-0.39, 0.29) is 5.15 Å². The predicted octanol–water partition coefficient (Wildman–Crippen LogP) is 1.92. The molecule has 0 amide bonds. The van der Waals surface area contributed by atoms with Gasteiger partial charge in [0.1, 0.15) is 5.69 Å². The van der Waals surface area contributed by atoms with Crippen molar-refractivity contribution in [2.75, 3.05) is 0 Å². The van der Waals surface area contributed by atoms with Gasteiger partial charge in [0.15, 0.2) is 5.15 Å². The third kappa shape index (κ3) is 1.39. The molecule has 13 heavy (non-hydrogen) atoms. The topological polar surface area (TPSA) is 47.2 Å². The van der Waals surface area contributed by atoms with Gasteiger partial charge in [-0.15, -0.1) is 0 Å². The molecule has 0 spiro atoms. The molecule has 1 aromatic rings. The number of aryl methyl sites for hydroxylation is 1. The fourth-order valence-electron chi connectivity index (χ4n) is 1.46. The highest BCUT2D eigenvalue weighted by molar-refractivity contribution is 6.32. The van der Waals surface area contributed by atoms with Crippen LogP contribution < -0.4 is 0 Å². The van der Waals surface area contributed by atoms with Gasteiger partial charge in [-0.05, 0) is 12.8 Å². The van der Waals surface area contributed by atoms with Crippen molar-refractivity contribution >= 4 is 23.4 Å². The van der Waals surface area contributed by atoms with Gasteiger partial charge in [0.25, 0.3) is 0 Å². The van der Waals surface area contributed by atoms with Crippen LogP contribution in [0.25, 0.3) is 0 Å². The fraction of sp³-hybridized carbons (Fsp3) is 0.500. The van der Waals surface area contributed by atoms with Gasteiger partial charge in [-0.2, -0.15) is 10.1 Å². The second kappa shape index (κ2) is 2.98. The van der Waals surface area contributed by atoms with Crippen LogP contribution in [0.3, 0.4) is 0 Å². The molecule has 0 aliphatic heterocycles. The maximum absolute atomic E-state index is 10.1. The number of hydrogen-bond acceptors (Lipinski definition) is 3. The summed E-state index contributed by atoms with van der Waals surface area (Å²) in [7, 11) is 1.81.